The zero-order valence-electron chi connectivity index (χ0n) is 12.9. The van der Waals surface area contributed by atoms with E-state index in [-0.39, 0.29) is 11.6 Å². The Balaban J connectivity index is 3.20. The van der Waals surface area contributed by atoms with Crippen LogP contribution in [0.1, 0.15) is 51.2 Å². The third kappa shape index (κ3) is 4.63. The number of hydrogen-bond acceptors (Lipinski definition) is 2. The number of hydrogen-bond donors (Lipinski definition) is 1. The second-order valence-corrected chi connectivity index (χ2v) is 5.30. The lowest BCUT2D eigenvalue weighted by atomic mass is 10.0. The van der Waals surface area contributed by atoms with Crippen molar-refractivity contribution in [2.75, 3.05) is 11.4 Å². The fourth-order valence-corrected chi connectivity index (χ4v) is 2.30. The largest absolute Gasteiger partial charge is 0.416 e. The Kier molecular flexibility index (Phi) is 6.52. The van der Waals surface area contributed by atoms with E-state index in [9.17, 15) is 13.2 Å². The zero-order chi connectivity index (χ0) is 16.0. The molecular weight excluding hydrogens is 279 g/mol. The molecule has 0 saturated carbocycles. The number of halogens is 3. The molecule has 0 spiro atoms. The van der Waals surface area contributed by atoms with E-state index in [0.717, 1.165) is 31.9 Å². The lowest BCUT2D eigenvalue weighted by Gasteiger charge is -2.31. The van der Waals surface area contributed by atoms with Crippen LogP contribution in [0.25, 0.3) is 0 Å². The standard InChI is InChI=1S/C16H24F3NO/c1-4-6-9-20(12(3)5-2)14-8-7-13(11-21)15(10-14)16(17,18)19/h7-8,10,12,21H,4-6,9,11H2,1-3H3. The Bertz CT molecular complexity index is 446. The minimum atomic E-state index is -4.44. The highest BCUT2D eigenvalue weighted by molar-refractivity contribution is 5.52. The van der Waals surface area contributed by atoms with Crippen molar-refractivity contribution in [1.82, 2.24) is 0 Å². The van der Waals surface area contributed by atoms with Crippen molar-refractivity contribution in [3.05, 3.63) is 29.3 Å². The summed E-state index contributed by atoms with van der Waals surface area (Å²) in [7, 11) is 0. The van der Waals surface area contributed by atoms with Gasteiger partial charge in [0.15, 0.2) is 0 Å². The maximum Gasteiger partial charge on any atom is 0.416 e. The summed E-state index contributed by atoms with van der Waals surface area (Å²) in [4.78, 5) is 2.01. The van der Waals surface area contributed by atoms with Gasteiger partial charge in [0.25, 0.3) is 0 Å². The van der Waals surface area contributed by atoms with Gasteiger partial charge < -0.3 is 10.0 Å². The van der Waals surface area contributed by atoms with Gasteiger partial charge in [-0.2, -0.15) is 13.2 Å². The fourth-order valence-electron chi connectivity index (χ4n) is 2.30. The molecule has 0 saturated heterocycles. The minimum absolute atomic E-state index is 0.0779. The number of rotatable bonds is 7. The molecule has 0 aliphatic carbocycles. The summed E-state index contributed by atoms with van der Waals surface area (Å²) in [6.45, 7) is 6.23. The number of aliphatic hydroxyl groups is 1. The monoisotopic (exact) mass is 303 g/mol. The molecule has 21 heavy (non-hydrogen) atoms. The van der Waals surface area contributed by atoms with Crippen molar-refractivity contribution in [1.29, 1.82) is 0 Å². The van der Waals surface area contributed by atoms with Crippen molar-refractivity contribution < 1.29 is 18.3 Å². The first-order valence-electron chi connectivity index (χ1n) is 7.42. The molecule has 0 aliphatic heterocycles. The van der Waals surface area contributed by atoms with E-state index in [1.165, 1.54) is 6.07 Å². The van der Waals surface area contributed by atoms with Gasteiger partial charge in [-0.3, -0.25) is 0 Å². The van der Waals surface area contributed by atoms with Crippen molar-refractivity contribution in [3.8, 4) is 0 Å². The summed E-state index contributed by atoms with van der Waals surface area (Å²) in [5.74, 6) is 0. The third-order valence-electron chi connectivity index (χ3n) is 3.78. The van der Waals surface area contributed by atoms with Crippen molar-refractivity contribution in [2.45, 2.75) is 58.9 Å². The van der Waals surface area contributed by atoms with Gasteiger partial charge >= 0.3 is 6.18 Å². The van der Waals surface area contributed by atoms with Crippen LogP contribution in [0.3, 0.4) is 0 Å². The maximum absolute atomic E-state index is 13.1. The molecule has 1 N–H and O–H groups in total. The number of benzene rings is 1. The number of nitrogens with zero attached hydrogens (tertiary/aromatic N) is 1. The molecule has 0 fully saturated rings. The Hall–Kier alpha value is -1.23. The first-order chi connectivity index (χ1) is 9.85. The van der Waals surface area contributed by atoms with E-state index in [1.54, 1.807) is 6.07 Å². The molecule has 5 heteroatoms. The Morgan fingerprint density at radius 3 is 2.38 bits per heavy atom. The topological polar surface area (TPSA) is 23.5 Å². The summed E-state index contributed by atoms with van der Waals surface area (Å²) >= 11 is 0. The van der Waals surface area contributed by atoms with Crippen LogP contribution in [-0.4, -0.2) is 17.7 Å². The lowest BCUT2D eigenvalue weighted by molar-refractivity contribution is -0.138. The molecule has 1 aromatic carbocycles. The first kappa shape index (κ1) is 17.8. The predicted molar refractivity (Wildman–Crippen MR) is 79.4 cm³/mol. The van der Waals surface area contributed by atoms with Crippen molar-refractivity contribution in [2.24, 2.45) is 0 Å². The van der Waals surface area contributed by atoms with E-state index in [2.05, 4.69) is 6.92 Å². The number of aliphatic hydroxyl groups excluding tert-OH is 1. The van der Waals surface area contributed by atoms with Crippen LogP contribution in [0.4, 0.5) is 18.9 Å². The highest BCUT2D eigenvalue weighted by Crippen LogP contribution is 2.35. The van der Waals surface area contributed by atoms with E-state index in [4.69, 9.17) is 5.11 Å². The summed E-state index contributed by atoms with van der Waals surface area (Å²) in [5.41, 5.74) is -0.250. The second kappa shape index (κ2) is 7.69. The van der Waals surface area contributed by atoms with Crippen LogP contribution in [0.15, 0.2) is 18.2 Å². The number of unbranched alkanes of at least 4 members (excludes halogenated alkanes) is 1. The van der Waals surface area contributed by atoms with Gasteiger partial charge in [0.2, 0.25) is 0 Å². The van der Waals surface area contributed by atoms with Gasteiger partial charge in [-0.15, -0.1) is 0 Å². The molecule has 0 heterocycles. The number of anilines is 1. The summed E-state index contributed by atoms with van der Waals surface area (Å²) in [5, 5.41) is 9.09. The van der Waals surface area contributed by atoms with Gasteiger partial charge in [0.1, 0.15) is 0 Å². The molecule has 1 aromatic rings. The highest BCUT2D eigenvalue weighted by Gasteiger charge is 2.34. The van der Waals surface area contributed by atoms with Crippen molar-refractivity contribution in [3.63, 3.8) is 0 Å². The van der Waals surface area contributed by atoms with Gasteiger partial charge in [0, 0.05) is 18.3 Å². The molecule has 2 nitrogen and oxygen atoms in total. The van der Waals surface area contributed by atoms with E-state index < -0.39 is 18.3 Å². The molecular formula is C16H24F3NO. The van der Waals surface area contributed by atoms with E-state index in [1.807, 2.05) is 18.7 Å². The van der Waals surface area contributed by atoms with Gasteiger partial charge in [-0.1, -0.05) is 26.3 Å². The molecule has 0 aliphatic rings. The molecule has 1 unspecified atom stereocenters. The minimum Gasteiger partial charge on any atom is -0.392 e. The van der Waals surface area contributed by atoms with Gasteiger partial charge in [-0.05, 0) is 37.5 Å². The van der Waals surface area contributed by atoms with Crippen molar-refractivity contribution >= 4 is 5.69 Å². The molecule has 0 radical (unpaired) electrons. The highest BCUT2D eigenvalue weighted by atomic mass is 19.4. The summed E-state index contributed by atoms with van der Waals surface area (Å²) in [6, 6.07) is 4.38. The lowest BCUT2D eigenvalue weighted by Crippen LogP contribution is -2.33. The average Bonchev–Trinajstić information content (AvgIpc) is 2.46. The average molecular weight is 303 g/mol. The molecule has 120 valence electrons. The maximum atomic E-state index is 13.1. The smallest absolute Gasteiger partial charge is 0.392 e. The van der Waals surface area contributed by atoms with E-state index >= 15 is 0 Å². The van der Waals surface area contributed by atoms with Crippen LogP contribution in [0, 0.1) is 0 Å². The SMILES string of the molecule is CCCCN(c1ccc(CO)c(C(F)(F)F)c1)C(C)CC. The predicted octanol–water partition coefficient (Wildman–Crippen LogP) is 4.60. The second-order valence-electron chi connectivity index (χ2n) is 5.30. The Morgan fingerprint density at radius 2 is 1.90 bits per heavy atom. The van der Waals surface area contributed by atoms with Crippen LogP contribution >= 0.6 is 0 Å². The molecule has 0 amide bonds. The number of alkyl halides is 3. The fraction of sp³-hybridized carbons (Fsp3) is 0.625. The summed E-state index contributed by atoms with van der Waals surface area (Å²) in [6.07, 6.45) is -1.64. The summed E-state index contributed by atoms with van der Waals surface area (Å²) < 4.78 is 39.3. The third-order valence-corrected chi connectivity index (χ3v) is 3.78. The first-order valence-corrected chi connectivity index (χ1v) is 7.42. The van der Waals surface area contributed by atoms with Gasteiger partial charge in [0.05, 0.1) is 12.2 Å². The molecule has 0 bridgehead atoms. The Labute approximate surface area is 124 Å². The van der Waals surface area contributed by atoms with Crippen LogP contribution in [0.2, 0.25) is 0 Å². The molecule has 1 atom stereocenters. The van der Waals surface area contributed by atoms with Crippen LogP contribution in [0.5, 0.6) is 0 Å². The van der Waals surface area contributed by atoms with E-state index in [0.29, 0.717) is 5.69 Å². The van der Waals surface area contributed by atoms with Crippen LogP contribution in [-0.2, 0) is 12.8 Å². The molecule has 1 rings (SSSR count). The zero-order valence-corrected chi connectivity index (χ0v) is 12.9. The quantitative estimate of drug-likeness (QED) is 0.795. The Morgan fingerprint density at radius 1 is 1.24 bits per heavy atom. The van der Waals surface area contributed by atoms with Gasteiger partial charge in [-0.25, -0.2) is 0 Å². The normalized spacial score (nSPS) is 13.3. The van der Waals surface area contributed by atoms with Crippen LogP contribution < -0.4 is 4.90 Å². The molecule has 0 aromatic heterocycles.